The van der Waals surface area contributed by atoms with Crippen molar-refractivity contribution in [2.45, 2.75) is 11.1 Å². The molecule has 0 atom stereocenters. The van der Waals surface area contributed by atoms with Crippen molar-refractivity contribution in [3.8, 4) is 6.07 Å². The van der Waals surface area contributed by atoms with Crippen LogP contribution in [0.4, 0.5) is 13.2 Å². The molecule has 0 saturated carbocycles. The van der Waals surface area contributed by atoms with Gasteiger partial charge in [0.05, 0.1) is 16.7 Å². The quantitative estimate of drug-likeness (QED) is 0.928. The van der Waals surface area contributed by atoms with Gasteiger partial charge in [0, 0.05) is 0 Å². The zero-order chi connectivity index (χ0) is 14.0. The lowest BCUT2D eigenvalue weighted by molar-refractivity contribution is -0.121. The Morgan fingerprint density at radius 2 is 2.00 bits per heavy atom. The van der Waals surface area contributed by atoms with Crippen molar-refractivity contribution in [2.75, 3.05) is 6.54 Å². The summed E-state index contributed by atoms with van der Waals surface area (Å²) in [5.74, 6) is 0. The second kappa shape index (κ2) is 5.14. The maximum atomic E-state index is 11.9. The van der Waals surface area contributed by atoms with E-state index in [2.05, 4.69) is 0 Å². The van der Waals surface area contributed by atoms with Crippen LogP contribution in [0.5, 0.6) is 0 Å². The topological polar surface area (TPSA) is 70.0 Å². The number of benzene rings is 1. The van der Waals surface area contributed by atoms with Gasteiger partial charge in [-0.3, -0.25) is 0 Å². The zero-order valence-corrected chi connectivity index (χ0v) is 10.2. The molecule has 0 heterocycles. The van der Waals surface area contributed by atoms with E-state index in [1.807, 2.05) is 0 Å². The van der Waals surface area contributed by atoms with E-state index in [0.717, 1.165) is 18.2 Å². The molecule has 0 aliphatic heterocycles. The molecule has 1 aromatic carbocycles. The van der Waals surface area contributed by atoms with Gasteiger partial charge in [-0.2, -0.15) is 18.4 Å². The van der Waals surface area contributed by atoms with Gasteiger partial charge in [0.2, 0.25) is 10.0 Å². The Bertz CT molecular complexity index is 593. The molecule has 0 radical (unpaired) electrons. The summed E-state index contributed by atoms with van der Waals surface area (Å²) in [7, 11) is -4.36. The van der Waals surface area contributed by atoms with E-state index in [9.17, 15) is 21.6 Å². The molecule has 0 amide bonds. The van der Waals surface area contributed by atoms with Crippen LogP contribution in [0.2, 0.25) is 5.02 Å². The van der Waals surface area contributed by atoms with Crippen molar-refractivity contribution in [1.29, 1.82) is 5.26 Å². The molecule has 0 saturated heterocycles. The van der Waals surface area contributed by atoms with Crippen molar-refractivity contribution in [3.05, 3.63) is 28.8 Å². The summed E-state index contributed by atoms with van der Waals surface area (Å²) in [5.41, 5.74) is 0.106. The molecular formula is C9H6ClF3N2O2S. The fourth-order valence-corrected chi connectivity index (χ4v) is 2.60. The summed E-state index contributed by atoms with van der Waals surface area (Å²) < 4.78 is 60.2. The second-order valence-corrected chi connectivity index (χ2v) is 5.34. The summed E-state index contributed by atoms with van der Waals surface area (Å²) in [6.45, 7) is -1.69. The smallest absolute Gasteiger partial charge is 0.207 e. The minimum Gasteiger partial charge on any atom is -0.207 e. The molecule has 9 heteroatoms. The van der Waals surface area contributed by atoms with E-state index in [1.165, 1.54) is 4.72 Å². The monoisotopic (exact) mass is 298 g/mol. The van der Waals surface area contributed by atoms with Gasteiger partial charge in [0.25, 0.3) is 0 Å². The fourth-order valence-electron chi connectivity index (χ4n) is 1.04. The van der Waals surface area contributed by atoms with Gasteiger partial charge in [-0.05, 0) is 18.2 Å². The van der Waals surface area contributed by atoms with Crippen LogP contribution >= 0.6 is 11.6 Å². The average Bonchev–Trinajstić information content (AvgIpc) is 2.25. The van der Waals surface area contributed by atoms with Gasteiger partial charge in [-0.1, -0.05) is 11.6 Å². The van der Waals surface area contributed by atoms with Gasteiger partial charge in [0.1, 0.15) is 11.4 Å². The van der Waals surface area contributed by atoms with Gasteiger partial charge in [-0.15, -0.1) is 0 Å². The van der Waals surface area contributed by atoms with E-state index in [1.54, 1.807) is 6.07 Å². The molecule has 0 aromatic heterocycles. The van der Waals surface area contributed by atoms with Crippen molar-refractivity contribution >= 4 is 21.6 Å². The molecular weight excluding hydrogens is 293 g/mol. The normalized spacial score (nSPS) is 12.2. The first-order valence-corrected chi connectivity index (χ1v) is 6.28. The highest BCUT2D eigenvalue weighted by molar-refractivity contribution is 7.89. The van der Waals surface area contributed by atoms with Gasteiger partial charge >= 0.3 is 6.18 Å². The zero-order valence-electron chi connectivity index (χ0n) is 8.62. The maximum absolute atomic E-state index is 11.9. The number of alkyl halides is 3. The molecule has 1 N–H and O–H groups in total. The first-order chi connectivity index (χ1) is 8.15. The Balaban J connectivity index is 3.03. The molecule has 0 spiro atoms. The highest BCUT2D eigenvalue weighted by Gasteiger charge is 2.30. The highest BCUT2D eigenvalue weighted by atomic mass is 35.5. The van der Waals surface area contributed by atoms with Crippen LogP contribution in [0.3, 0.4) is 0 Å². The standard InChI is InChI=1S/C9H6ClF3N2O2S/c10-7-3-6(4-14)1-2-8(7)18(16,17)15-5-9(11,12)13/h1-3,15H,5H2. The molecule has 18 heavy (non-hydrogen) atoms. The SMILES string of the molecule is N#Cc1ccc(S(=O)(=O)NCC(F)(F)F)c(Cl)c1. The Labute approximate surface area is 106 Å². The number of rotatable bonds is 3. The van der Waals surface area contributed by atoms with Crippen LogP contribution < -0.4 is 4.72 Å². The average molecular weight is 299 g/mol. The van der Waals surface area contributed by atoms with Crippen LogP contribution in [0.1, 0.15) is 5.56 Å². The van der Waals surface area contributed by atoms with Crippen LogP contribution in [-0.2, 0) is 10.0 Å². The lowest BCUT2D eigenvalue weighted by Crippen LogP contribution is -2.33. The Hall–Kier alpha value is -1.30. The number of hydrogen-bond acceptors (Lipinski definition) is 3. The van der Waals surface area contributed by atoms with Crippen LogP contribution in [0.15, 0.2) is 23.1 Å². The number of hydrogen-bond donors (Lipinski definition) is 1. The van der Waals surface area contributed by atoms with Crippen LogP contribution in [0, 0.1) is 11.3 Å². The van der Waals surface area contributed by atoms with Crippen molar-refractivity contribution in [2.24, 2.45) is 0 Å². The molecule has 1 aromatic rings. The predicted molar refractivity (Wildman–Crippen MR) is 57.4 cm³/mol. The lowest BCUT2D eigenvalue weighted by Gasteiger charge is -2.10. The van der Waals surface area contributed by atoms with Gasteiger partial charge in [0.15, 0.2) is 0 Å². The van der Waals surface area contributed by atoms with E-state index >= 15 is 0 Å². The van der Waals surface area contributed by atoms with Crippen molar-refractivity contribution < 1.29 is 21.6 Å². The molecule has 0 aliphatic rings. The number of nitriles is 1. The van der Waals surface area contributed by atoms with E-state index in [4.69, 9.17) is 16.9 Å². The predicted octanol–water partition coefficient (Wildman–Crippen LogP) is 2.05. The highest BCUT2D eigenvalue weighted by Crippen LogP contribution is 2.23. The Morgan fingerprint density at radius 3 is 2.44 bits per heavy atom. The van der Waals surface area contributed by atoms with Crippen LogP contribution in [-0.4, -0.2) is 21.1 Å². The molecule has 0 unspecified atom stereocenters. The summed E-state index contributed by atoms with van der Waals surface area (Å²) in [6, 6.07) is 4.90. The third kappa shape index (κ3) is 3.87. The van der Waals surface area contributed by atoms with Crippen LogP contribution in [0.25, 0.3) is 0 Å². The van der Waals surface area contributed by atoms with E-state index in [0.29, 0.717) is 0 Å². The van der Waals surface area contributed by atoms with Crippen molar-refractivity contribution in [3.63, 3.8) is 0 Å². The third-order valence-corrected chi connectivity index (χ3v) is 3.70. The Morgan fingerprint density at radius 1 is 1.39 bits per heavy atom. The summed E-state index contributed by atoms with van der Waals surface area (Å²) in [6.07, 6.45) is -4.66. The second-order valence-electron chi connectivity index (χ2n) is 3.20. The van der Waals surface area contributed by atoms with Gasteiger partial charge < -0.3 is 0 Å². The fraction of sp³-hybridized carbons (Fsp3) is 0.222. The number of halogens is 4. The van der Waals surface area contributed by atoms with Crippen molar-refractivity contribution in [1.82, 2.24) is 4.72 Å². The summed E-state index contributed by atoms with van der Waals surface area (Å²) >= 11 is 5.59. The van der Waals surface area contributed by atoms with E-state index < -0.39 is 27.6 Å². The lowest BCUT2D eigenvalue weighted by atomic mass is 10.2. The summed E-state index contributed by atoms with van der Waals surface area (Å²) in [4.78, 5) is -0.507. The number of sulfonamides is 1. The first kappa shape index (κ1) is 14.8. The molecule has 4 nitrogen and oxygen atoms in total. The molecule has 0 bridgehead atoms. The molecule has 1 rings (SSSR count). The van der Waals surface area contributed by atoms with Gasteiger partial charge in [-0.25, -0.2) is 13.1 Å². The molecule has 0 aliphatic carbocycles. The number of nitrogens with zero attached hydrogens (tertiary/aromatic N) is 1. The summed E-state index contributed by atoms with van der Waals surface area (Å²) in [5, 5.41) is 8.23. The first-order valence-electron chi connectivity index (χ1n) is 4.42. The minimum atomic E-state index is -4.66. The Kier molecular flexibility index (Phi) is 4.21. The maximum Gasteiger partial charge on any atom is 0.402 e. The molecule has 0 fully saturated rings. The minimum absolute atomic E-state index is 0.106. The third-order valence-electron chi connectivity index (χ3n) is 1.81. The number of nitrogens with one attached hydrogen (secondary N) is 1. The molecule has 98 valence electrons. The largest absolute Gasteiger partial charge is 0.402 e. The van der Waals surface area contributed by atoms with E-state index in [-0.39, 0.29) is 10.6 Å².